The Kier molecular flexibility index (Phi) is 5.51. The third-order valence-corrected chi connectivity index (χ3v) is 1.94. The molecule has 0 spiro atoms. The molecule has 0 saturated carbocycles. The minimum absolute atomic E-state index is 0.0812. The van der Waals surface area contributed by atoms with Crippen LogP contribution >= 0.6 is 0 Å². The second kappa shape index (κ2) is 5.84. The molecule has 2 nitrogen and oxygen atoms in total. The van der Waals surface area contributed by atoms with Crippen molar-refractivity contribution in [2.75, 3.05) is 0 Å². The molecule has 0 saturated heterocycles. The summed E-state index contributed by atoms with van der Waals surface area (Å²) in [7, 11) is 0. The lowest BCUT2D eigenvalue weighted by molar-refractivity contribution is -0.117. The van der Waals surface area contributed by atoms with Crippen LogP contribution in [0.2, 0.25) is 0 Å². The summed E-state index contributed by atoms with van der Waals surface area (Å²) >= 11 is 0. The molecule has 0 unspecified atom stereocenters. The summed E-state index contributed by atoms with van der Waals surface area (Å²) in [5, 5.41) is 3.31. The number of carbonyl (C=O) groups is 1. The number of carbonyl (C=O) groups excluding carboxylic acids is 1. The van der Waals surface area contributed by atoms with Crippen LogP contribution in [0.5, 0.6) is 0 Å². The molecule has 0 fully saturated rings. The molecule has 0 rings (SSSR count). The Labute approximate surface area is 87.8 Å². The van der Waals surface area contributed by atoms with Crippen LogP contribution in [0, 0.1) is 11.8 Å². The number of allylic oxidation sites excluding steroid dienone is 2. The maximum atomic E-state index is 11.5. The number of nitrogens with one attached hydrogen (secondary N) is 1. The molecule has 0 aliphatic heterocycles. The van der Waals surface area contributed by atoms with Gasteiger partial charge in [0.25, 0.3) is 0 Å². The Morgan fingerprint density at radius 2 is 1.50 bits per heavy atom. The molecule has 0 radical (unpaired) electrons. The summed E-state index contributed by atoms with van der Waals surface area (Å²) in [4.78, 5) is 11.5. The van der Waals surface area contributed by atoms with Gasteiger partial charge in [-0.1, -0.05) is 27.7 Å². The predicted octanol–water partition coefficient (Wildman–Crippen LogP) is 2.75. The van der Waals surface area contributed by atoms with E-state index in [-0.39, 0.29) is 11.7 Å². The molecule has 14 heavy (non-hydrogen) atoms. The van der Waals surface area contributed by atoms with Crippen molar-refractivity contribution >= 4 is 5.78 Å². The van der Waals surface area contributed by atoms with E-state index in [4.69, 9.17) is 0 Å². The first-order valence-electron chi connectivity index (χ1n) is 5.36. The van der Waals surface area contributed by atoms with E-state index < -0.39 is 0 Å². The quantitative estimate of drug-likeness (QED) is 0.687. The van der Waals surface area contributed by atoms with E-state index in [0.717, 1.165) is 5.70 Å². The average Bonchev–Trinajstić information content (AvgIpc) is 2.01. The van der Waals surface area contributed by atoms with Crippen molar-refractivity contribution in [3.63, 3.8) is 0 Å². The topological polar surface area (TPSA) is 29.1 Å². The Morgan fingerprint density at radius 3 is 1.79 bits per heavy atom. The van der Waals surface area contributed by atoms with Crippen molar-refractivity contribution in [1.82, 2.24) is 5.32 Å². The van der Waals surface area contributed by atoms with E-state index in [1.807, 2.05) is 13.8 Å². The molecular formula is C12H23NO. The van der Waals surface area contributed by atoms with Crippen LogP contribution in [0.15, 0.2) is 11.8 Å². The van der Waals surface area contributed by atoms with E-state index in [2.05, 4.69) is 33.0 Å². The number of ketones is 1. The third kappa shape index (κ3) is 5.05. The SMILES string of the molecule is CC(C)N/C(=C/C(=O)C(C)C)C(C)C. The molecule has 0 atom stereocenters. The van der Waals surface area contributed by atoms with Gasteiger partial charge in [0.2, 0.25) is 0 Å². The molecule has 0 bridgehead atoms. The van der Waals surface area contributed by atoms with Gasteiger partial charge in [0.1, 0.15) is 0 Å². The van der Waals surface area contributed by atoms with Gasteiger partial charge in [-0.3, -0.25) is 4.79 Å². The minimum atomic E-state index is 0.0812. The third-order valence-electron chi connectivity index (χ3n) is 1.94. The average molecular weight is 197 g/mol. The van der Waals surface area contributed by atoms with Crippen LogP contribution in [0.25, 0.3) is 0 Å². The molecule has 0 aromatic rings. The van der Waals surface area contributed by atoms with E-state index in [0.29, 0.717) is 12.0 Å². The van der Waals surface area contributed by atoms with Gasteiger partial charge in [0.05, 0.1) is 0 Å². The maximum Gasteiger partial charge on any atom is 0.159 e. The van der Waals surface area contributed by atoms with Crippen molar-refractivity contribution in [3.8, 4) is 0 Å². The monoisotopic (exact) mass is 197 g/mol. The largest absolute Gasteiger partial charge is 0.386 e. The fourth-order valence-corrected chi connectivity index (χ4v) is 1.03. The summed E-state index contributed by atoms with van der Waals surface area (Å²) in [6, 6.07) is 0.378. The molecule has 0 aromatic carbocycles. The van der Waals surface area contributed by atoms with Crippen molar-refractivity contribution in [2.45, 2.75) is 47.6 Å². The highest BCUT2D eigenvalue weighted by molar-refractivity contribution is 5.91. The Morgan fingerprint density at radius 1 is 1.00 bits per heavy atom. The molecular weight excluding hydrogens is 174 g/mol. The van der Waals surface area contributed by atoms with Crippen LogP contribution < -0.4 is 5.32 Å². The molecule has 0 aliphatic carbocycles. The predicted molar refractivity (Wildman–Crippen MR) is 61.0 cm³/mol. The summed E-state index contributed by atoms with van der Waals surface area (Å²) < 4.78 is 0. The highest BCUT2D eigenvalue weighted by atomic mass is 16.1. The summed E-state index contributed by atoms with van der Waals surface area (Å²) in [5.41, 5.74) is 1.04. The first-order chi connectivity index (χ1) is 6.34. The van der Waals surface area contributed by atoms with Crippen molar-refractivity contribution < 1.29 is 4.79 Å². The van der Waals surface area contributed by atoms with Crippen LogP contribution in [0.4, 0.5) is 0 Å². The van der Waals surface area contributed by atoms with E-state index in [9.17, 15) is 4.79 Å². The standard InChI is InChI=1S/C12H23NO/c1-8(2)11(13-10(5)6)7-12(14)9(3)4/h7-10,13H,1-6H3/b11-7+. The maximum absolute atomic E-state index is 11.5. The van der Waals surface area contributed by atoms with Crippen LogP contribution in [-0.4, -0.2) is 11.8 Å². The Bertz CT molecular complexity index is 214. The molecule has 1 N–H and O–H groups in total. The van der Waals surface area contributed by atoms with Crippen molar-refractivity contribution in [3.05, 3.63) is 11.8 Å². The zero-order chi connectivity index (χ0) is 11.3. The minimum Gasteiger partial charge on any atom is -0.386 e. The molecule has 0 amide bonds. The first kappa shape index (κ1) is 13.2. The molecule has 0 aliphatic rings. The molecule has 82 valence electrons. The molecule has 0 heterocycles. The molecule has 0 aromatic heterocycles. The summed E-state index contributed by atoms with van der Waals surface area (Å²) in [5.74, 6) is 0.652. The highest BCUT2D eigenvalue weighted by Crippen LogP contribution is 2.09. The van der Waals surface area contributed by atoms with Gasteiger partial charge in [-0.15, -0.1) is 0 Å². The normalized spacial score (nSPS) is 12.8. The fraction of sp³-hybridized carbons (Fsp3) is 0.750. The summed E-state index contributed by atoms with van der Waals surface area (Å²) in [6.07, 6.45) is 1.75. The molecule has 2 heteroatoms. The fourth-order valence-electron chi connectivity index (χ4n) is 1.03. The van der Waals surface area contributed by atoms with Crippen LogP contribution in [0.3, 0.4) is 0 Å². The Hall–Kier alpha value is -0.790. The second-order valence-corrected chi connectivity index (χ2v) is 4.61. The Balaban J connectivity index is 4.56. The lowest BCUT2D eigenvalue weighted by atomic mass is 10.0. The number of rotatable bonds is 5. The second-order valence-electron chi connectivity index (χ2n) is 4.61. The van der Waals surface area contributed by atoms with E-state index >= 15 is 0 Å². The van der Waals surface area contributed by atoms with Crippen LogP contribution in [-0.2, 0) is 4.79 Å². The van der Waals surface area contributed by atoms with Gasteiger partial charge in [0.15, 0.2) is 5.78 Å². The van der Waals surface area contributed by atoms with Gasteiger partial charge < -0.3 is 5.32 Å². The van der Waals surface area contributed by atoms with Crippen LogP contribution in [0.1, 0.15) is 41.5 Å². The van der Waals surface area contributed by atoms with Gasteiger partial charge in [-0.25, -0.2) is 0 Å². The highest BCUT2D eigenvalue weighted by Gasteiger charge is 2.09. The van der Waals surface area contributed by atoms with E-state index in [1.165, 1.54) is 0 Å². The number of hydrogen-bond donors (Lipinski definition) is 1. The van der Waals surface area contributed by atoms with Gasteiger partial charge in [-0.05, 0) is 19.8 Å². The van der Waals surface area contributed by atoms with Gasteiger partial charge in [0, 0.05) is 23.7 Å². The van der Waals surface area contributed by atoms with Crippen molar-refractivity contribution in [1.29, 1.82) is 0 Å². The van der Waals surface area contributed by atoms with E-state index in [1.54, 1.807) is 6.08 Å². The number of hydrogen-bond acceptors (Lipinski definition) is 2. The summed E-state index contributed by atoms with van der Waals surface area (Å²) in [6.45, 7) is 12.2. The lowest BCUT2D eigenvalue weighted by Gasteiger charge is -2.17. The zero-order valence-electron chi connectivity index (χ0n) is 10.2. The first-order valence-corrected chi connectivity index (χ1v) is 5.36. The van der Waals surface area contributed by atoms with Gasteiger partial charge in [-0.2, -0.15) is 0 Å². The van der Waals surface area contributed by atoms with Crippen molar-refractivity contribution in [2.24, 2.45) is 11.8 Å². The zero-order valence-corrected chi connectivity index (χ0v) is 10.2. The smallest absolute Gasteiger partial charge is 0.159 e. The lowest BCUT2D eigenvalue weighted by Crippen LogP contribution is -2.26. The van der Waals surface area contributed by atoms with Gasteiger partial charge >= 0.3 is 0 Å².